The second kappa shape index (κ2) is 8.51. The van der Waals surface area contributed by atoms with Gasteiger partial charge in [-0.2, -0.15) is 13.2 Å². The van der Waals surface area contributed by atoms with Crippen LogP contribution in [-0.2, 0) is 19.3 Å². The molecule has 0 saturated heterocycles. The van der Waals surface area contributed by atoms with Gasteiger partial charge in [0.15, 0.2) is 11.6 Å². The van der Waals surface area contributed by atoms with Gasteiger partial charge in [-0.25, -0.2) is 8.78 Å². The maximum atomic E-state index is 14.6. The smallest absolute Gasteiger partial charge is 0.422 e. The van der Waals surface area contributed by atoms with E-state index in [1.807, 2.05) is 36.4 Å². The first kappa shape index (κ1) is 20.6. The Balaban J connectivity index is 2.11. The molecule has 0 radical (unpaired) electrons. The summed E-state index contributed by atoms with van der Waals surface area (Å²) in [6.45, 7) is 0.437. The van der Waals surface area contributed by atoms with Crippen LogP contribution in [0, 0.1) is 11.6 Å². The fraction of sp³-hybridized carbons (Fsp3) is 0.182. The Morgan fingerprint density at radius 1 is 0.828 bits per heavy atom. The molecule has 0 aliphatic heterocycles. The van der Waals surface area contributed by atoms with Crippen molar-refractivity contribution in [1.82, 2.24) is 0 Å². The van der Waals surface area contributed by atoms with Gasteiger partial charge in [-0.3, -0.25) is 0 Å². The maximum Gasteiger partial charge on any atom is 0.422 e. The Kier molecular flexibility index (Phi) is 6.06. The Hall–Kier alpha value is -3.09. The molecule has 7 heteroatoms. The fourth-order valence-electron chi connectivity index (χ4n) is 3.11. The predicted octanol–water partition coefficient (Wildman–Crippen LogP) is 6.20. The highest BCUT2D eigenvalue weighted by Crippen LogP contribution is 2.42. The molecule has 3 aromatic rings. The molecule has 0 bridgehead atoms. The van der Waals surface area contributed by atoms with Crippen LogP contribution in [0.4, 0.5) is 27.6 Å². The number of benzene rings is 3. The van der Waals surface area contributed by atoms with E-state index in [1.165, 1.54) is 0 Å². The molecule has 0 fully saturated rings. The van der Waals surface area contributed by atoms with Gasteiger partial charge in [-0.15, -0.1) is 0 Å². The van der Waals surface area contributed by atoms with Crippen LogP contribution in [0.1, 0.15) is 16.7 Å². The van der Waals surface area contributed by atoms with E-state index in [1.54, 1.807) is 29.2 Å². The van der Waals surface area contributed by atoms with Crippen LogP contribution < -0.4 is 9.64 Å². The average Bonchev–Trinajstić information content (AvgIpc) is 2.67. The molecule has 0 unspecified atom stereocenters. The summed E-state index contributed by atoms with van der Waals surface area (Å²) in [5, 5.41) is 0. The topological polar surface area (TPSA) is 12.5 Å². The van der Waals surface area contributed by atoms with Gasteiger partial charge in [0.25, 0.3) is 0 Å². The second-order valence-corrected chi connectivity index (χ2v) is 6.42. The minimum Gasteiger partial charge on any atom is -0.492 e. The standard InChI is InChI=1S/C22H18F5NO/c1-29-21-18(12-17(23)19(20(21)24)22(25,26)27)28(13-15-8-4-2-5-9-15)14-16-10-6-3-7-11-16/h2-12H,13-14H2,1H3. The van der Waals surface area contributed by atoms with Crippen LogP contribution >= 0.6 is 0 Å². The molecule has 0 N–H and O–H groups in total. The van der Waals surface area contributed by atoms with Crippen LogP contribution in [0.25, 0.3) is 0 Å². The highest BCUT2D eigenvalue weighted by molar-refractivity contribution is 5.62. The van der Waals surface area contributed by atoms with E-state index in [9.17, 15) is 22.0 Å². The number of hydrogen-bond donors (Lipinski definition) is 0. The Morgan fingerprint density at radius 2 is 1.31 bits per heavy atom. The molecule has 3 rings (SSSR count). The molecule has 0 spiro atoms. The van der Waals surface area contributed by atoms with Gasteiger partial charge in [-0.05, 0) is 11.1 Å². The quantitative estimate of drug-likeness (QED) is 0.451. The summed E-state index contributed by atoms with van der Waals surface area (Å²) in [7, 11) is 1.06. The van der Waals surface area contributed by atoms with Crippen LogP contribution in [0.5, 0.6) is 5.75 Å². The highest BCUT2D eigenvalue weighted by atomic mass is 19.4. The lowest BCUT2D eigenvalue weighted by molar-refractivity contribution is -0.142. The molecular formula is C22H18F5NO. The van der Waals surface area contributed by atoms with Crippen LogP contribution in [0.15, 0.2) is 66.7 Å². The summed E-state index contributed by atoms with van der Waals surface area (Å²) in [5.41, 5.74) is -0.405. The zero-order valence-corrected chi connectivity index (χ0v) is 15.5. The number of halogens is 5. The largest absolute Gasteiger partial charge is 0.492 e. The molecule has 0 aliphatic rings. The molecule has 152 valence electrons. The van der Waals surface area contributed by atoms with E-state index in [2.05, 4.69) is 0 Å². The van der Waals surface area contributed by atoms with Gasteiger partial charge >= 0.3 is 6.18 Å². The van der Waals surface area contributed by atoms with E-state index >= 15 is 0 Å². The molecule has 0 saturated carbocycles. The third-order valence-corrected chi connectivity index (χ3v) is 4.41. The molecule has 0 aliphatic carbocycles. The predicted molar refractivity (Wildman–Crippen MR) is 101 cm³/mol. The number of ether oxygens (including phenoxy) is 1. The van der Waals surface area contributed by atoms with Gasteiger partial charge in [0, 0.05) is 19.2 Å². The number of methoxy groups -OCH3 is 1. The summed E-state index contributed by atoms with van der Waals surface area (Å²) in [6, 6.07) is 18.8. The van der Waals surface area contributed by atoms with Gasteiger partial charge < -0.3 is 9.64 Å². The molecule has 2 nitrogen and oxygen atoms in total. The van der Waals surface area contributed by atoms with Crippen molar-refractivity contribution in [2.45, 2.75) is 19.3 Å². The number of nitrogens with zero attached hydrogens (tertiary/aromatic N) is 1. The summed E-state index contributed by atoms with van der Waals surface area (Å²) >= 11 is 0. The van der Waals surface area contributed by atoms with Crippen molar-refractivity contribution in [1.29, 1.82) is 0 Å². The molecule has 0 aromatic heterocycles. The first-order valence-corrected chi connectivity index (χ1v) is 8.77. The third kappa shape index (κ3) is 4.67. The van der Waals surface area contributed by atoms with Crippen molar-refractivity contribution in [2.75, 3.05) is 12.0 Å². The third-order valence-electron chi connectivity index (χ3n) is 4.41. The monoisotopic (exact) mass is 407 g/mol. The molecular weight excluding hydrogens is 389 g/mol. The van der Waals surface area contributed by atoms with E-state index in [-0.39, 0.29) is 18.8 Å². The van der Waals surface area contributed by atoms with Crippen LogP contribution in [-0.4, -0.2) is 7.11 Å². The van der Waals surface area contributed by atoms with Crippen LogP contribution in [0.2, 0.25) is 0 Å². The molecule has 29 heavy (non-hydrogen) atoms. The summed E-state index contributed by atoms with van der Waals surface area (Å²) in [5.74, 6) is -4.09. The first-order valence-electron chi connectivity index (χ1n) is 8.77. The Labute approximate surface area is 165 Å². The van der Waals surface area contributed by atoms with Gasteiger partial charge in [0.05, 0.1) is 12.8 Å². The number of hydrogen-bond acceptors (Lipinski definition) is 2. The summed E-state index contributed by atoms with van der Waals surface area (Å²) in [6.07, 6.45) is -5.18. The van der Waals surface area contributed by atoms with Crippen molar-refractivity contribution in [3.8, 4) is 5.75 Å². The van der Waals surface area contributed by atoms with Gasteiger partial charge in [0.1, 0.15) is 11.4 Å². The Bertz CT molecular complexity index is 917. The van der Waals surface area contributed by atoms with Crippen molar-refractivity contribution < 1.29 is 26.7 Å². The zero-order chi connectivity index (χ0) is 21.0. The maximum absolute atomic E-state index is 14.6. The van der Waals surface area contributed by atoms with E-state index in [4.69, 9.17) is 4.74 Å². The van der Waals surface area contributed by atoms with E-state index in [0.29, 0.717) is 6.07 Å². The van der Waals surface area contributed by atoms with Gasteiger partial charge in [-0.1, -0.05) is 60.7 Å². The van der Waals surface area contributed by atoms with Crippen molar-refractivity contribution in [3.63, 3.8) is 0 Å². The summed E-state index contributed by atoms with van der Waals surface area (Å²) in [4.78, 5) is 1.58. The minimum absolute atomic E-state index is 0.0943. The lowest BCUT2D eigenvalue weighted by Gasteiger charge is -2.28. The number of rotatable bonds is 6. The summed E-state index contributed by atoms with van der Waals surface area (Å²) < 4.78 is 73.2. The number of anilines is 1. The van der Waals surface area contributed by atoms with Crippen LogP contribution in [0.3, 0.4) is 0 Å². The molecule has 3 aromatic carbocycles. The fourth-order valence-corrected chi connectivity index (χ4v) is 3.11. The Morgan fingerprint density at radius 3 is 1.72 bits per heavy atom. The van der Waals surface area contributed by atoms with E-state index in [0.717, 1.165) is 18.2 Å². The molecule has 0 amide bonds. The van der Waals surface area contributed by atoms with Crippen molar-refractivity contribution in [3.05, 3.63) is 95.1 Å². The van der Waals surface area contributed by atoms with Crippen molar-refractivity contribution >= 4 is 5.69 Å². The second-order valence-electron chi connectivity index (χ2n) is 6.42. The molecule has 0 heterocycles. The average molecular weight is 407 g/mol. The lowest BCUT2D eigenvalue weighted by Crippen LogP contribution is -2.24. The lowest BCUT2D eigenvalue weighted by atomic mass is 10.1. The van der Waals surface area contributed by atoms with Gasteiger partial charge in [0.2, 0.25) is 0 Å². The minimum atomic E-state index is -5.18. The highest BCUT2D eigenvalue weighted by Gasteiger charge is 2.40. The first-order chi connectivity index (χ1) is 13.8. The zero-order valence-electron chi connectivity index (χ0n) is 15.5. The SMILES string of the molecule is COc1c(N(Cc2ccccc2)Cc2ccccc2)cc(F)c(C(F)(F)F)c1F. The van der Waals surface area contributed by atoms with Crippen molar-refractivity contribution in [2.24, 2.45) is 0 Å². The molecule has 0 atom stereocenters. The van der Waals surface area contributed by atoms with E-state index < -0.39 is 29.1 Å². The normalized spacial score (nSPS) is 11.4. The number of alkyl halides is 3.